The van der Waals surface area contributed by atoms with Crippen molar-refractivity contribution in [3.63, 3.8) is 0 Å². The standard InChI is InChI=1S/C13H19BrO2/c1-9(7-10(2)14)12-8-11(15-3)5-6-13(12)16-4/h5-6,8-10H,7H2,1-4H3. The molecule has 0 N–H and O–H groups in total. The summed E-state index contributed by atoms with van der Waals surface area (Å²) in [7, 11) is 3.39. The number of hydrogen-bond acceptors (Lipinski definition) is 2. The second-order valence-electron chi connectivity index (χ2n) is 4.03. The van der Waals surface area contributed by atoms with Crippen molar-refractivity contribution >= 4 is 15.9 Å². The summed E-state index contributed by atoms with van der Waals surface area (Å²) in [5, 5.41) is 0. The molecule has 0 heterocycles. The number of hydrogen-bond donors (Lipinski definition) is 0. The molecular formula is C13H19BrO2. The molecule has 0 spiro atoms. The Balaban J connectivity index is 2.98. The lowest BCUT2D eigenvalue weighted by atomic mass is 9.95. The zero-order valence-corrected chi connectivity index (χ0v) is 11.9. The number of alkyl halides is 1. The fraction of sp³-hybridized carbons (Fsp3) is 0.538. The van der Waals surface area contributed by atoms with Crippen molar-refractivity contribution in [1.29, 1.82) is 0 Å². The van der Waals surface area contributed by atoms with E-state index >= 15 is 0 Å². The Bertz CT molecular complexity index is 337. The van der Waals surface area contributed by atoms with E-state index in [1.165, 1.54) is 5.56 Å². The van der Waals surface area contributed by atoms with Crippen LogP contribution in [0.15, 0.2) is 18.2 Å². The lowest BCUT2D eigenvalue weighted by Crippen LogP contribution is -2.03. The van der Waals surface area contributed by atoms with Gasteiger partial charge in [-0.15, -0.1) is 0 Å². The van der Waals surface area contributed by atoms with Gasteiger partial charge >= 0.3 is 0 Å². The molecule has 16 heavy (non-hydrogen) atoms. The molecule has 0 bridgehead atoms. The molecule has 0 saturated heterocycles. The number of ether oxygens (including phenoxy) is 2. The first-order valence-electron chi connectivity index (χ1n) is 5.44. The van der Waals surface area contributed by atoms with Crippen LogP contribution >= 0.6 is 15.9 Å². The zero-order valence-electron chi connectivity index (χ0n) is 10.3. The van der Waals surface area contributed by atoms with Gasteiger partial charge in [0.15, 0.2) is 0 Å². The molecule has 0 aliphatic heterocycles. The summed E-state index contributed by atoms with van der Waals surface area (Å²) in [6.07, 6.45) is 1.07. The van der Waals surface area contributed by atoms with E-state index in [2.05, 4.69) is 35.8 Å². The molecule has 0 fully saturated rings. The number of halogens is 1. The van der Waals surface area contributed by atoms with Gasteiger partial charge in [0.2, 0.25) is 0 Å². The van der Waals surface area contributed by atoms with E-state index in [4.69, 9.17) is 9.47 Å². The van der Waals surface area contributed by atoms with Crippen LogP contribution in [0.2, 0.25) is 0 Å². The predicted octanol–water partition coefficient (Wildman–Crippen LogP) is 3.98. The van der Waals surface area contributed by atoms with Gasteiger partial charge in [0.1, 0.15) is 11.5 Å². The summed E-state index contributed by atoms with van der Waals surface area (Å²) in [5.41, 5.74) is 1.20. The molecule has 3 heteroatoms. The van der Waals surface area contributed by atoms with Gasteiger partial charge in [-0.1, -0.05) is 29.8 Å². The first-order valence-corrected chi connectivity index (χ1v) is 6.36. The van der Waals surface area contributed by atoms with Gasteiger partial charge in [0.25, 0.3) is 0 Å². The first kappa shape index (κ1) is 13.4. The third-order valence-corrected chi connectivity index (χ3v) is 3.02. The van der Waals surface area contributed by atoms with E-state index in [0.717, 1.165) is 17.9 Å². The van der Waals surface area contributed by atoms with Gasteiger partial charge < -0.3 is 9.47 Å². The summed E-state index contributed by atoms with van der Waals surface area (Å²) in [4.78, 5) is 0.499. The Kier molecular flexibility index (Phi) is 5.13. The van der Waals surface area contributed by atoms with Crippen molar-refractivity contribution in [2.45, 2.75) is 31.0 Å². The van der Waals surface area contributed by atoms with Crippen LogP contribution in [-0.4, -0.2) is 19.0 Å². The average molecular weight is 287 g/mol. The van der Waals surface area contributed by atoms with E-state index in [0.29, 0.717) is 10.7 Å². The minimum Gasteiger partial charge on any atom is -0.497 e. The summed E-state index contributed by atoms with van der Waals surface area (Å²) >= 11 is 3.58. The highest BCUT2D eigenvalue weighted by molar-refractivity contribution is 9.09. The maximum atomic E-state index is 5.38. The van der Waals surface area contributed by atoms with Gasteiger partial charge in [0.05, 0.1) is 14.2 Å². The minimum absolute atomic E-state index is 0.444. The summed E-state index contributed by atoms with van der Waals surface area (Å²) in [6.45, 7) is 4.36. The van der Waals surface area contributed by atoms with Crippen LogP contribution in [0.5, 0.6) is 11.5 Å². The Labute approximate surface area is 106 Å². The van der Waals surface area contributed by atoms with Gasteiger partial charge in [0, 0.05) is 10.4 Å². The maximum absolute atomic E-state index is 5.38. The topological polar surface area (TPSA) is 18.5 Å². The SMILES string of the molecule is COc1ccc(OC)c(C(C)CC(C)Br)c1. The van der Waals surface area contributed by atoms with Crippen LogP contribution in [0, 0.1) is 0 Å². The summed E-state index contributed by atoms with van der Waals surface area (Å²) in [6, 6.07) is 5.94. The highest BCUT2D eigenvalue weighted by atomic mass is 79.9. The number of benzene rings is 1. The number of rotatable bonds is 5. The summed E-state index contributed by atoms with van der Waals surface area (Å²) in [5.74, 6) is 2.26. The van der Waals surface area contributed by atoms with Gasteiger partial charge in [-0.3, -0.25) is 0 Å². The molecular weight excluding hydrogens is 268 g/mol. The molecule has 0 amide bonds. The van der Waals surface area contributed by atoms with Gasteiger partial charge in [-0.25, -0.2) is 0 Å². The lowest BCUT2D eigenvalue weighted by molar-refractivity contribution is 0.395. The van der Waals surface area contributed by atoms with Crippen LogP contribution in [-0.2, 0) is 0 Å². The maximum Gasteiger partial charge on any atom is 0.122 e. The Morgan fingerprint density at radius 2 is 1.88 bits per heavy atom. The van der Waals surface area contributed by atoms with Crippen molar-refractivity contribution in [2.75, 3.05) is 14.2 Å². The van der Waals surface area contributed by atoms with Crippen molar-refractivity contribution < 1.29 is 9.47 Å². The van der Waals surface area contributed by atoms with Gasteiger partial charge in [-0.05, 0) is 30.5 Å². The molecule has 1 rings (SSSR count). The van der Waals surface area contributed by atoms with Gasteiger partial charge in [-0.2, -0.15) is 0 Å². The Hall–Kier alpha value is -0.700. The van der Waals surface area contributed by atoms with Crippen LogP contribution < -0.4 is 9.47 Å². The first-order chi connectivity index (χ1) is 7.58. The fourth-order valence-electron chi connectivity index (χ4n) is 1.84. The molecule has 90 valence electrons. The number of methoxy groups -OCH3 is 2. The minimum atomic E-state index is 0.444. The second-order valence-corrected chi connectivity index (χ2v) is 5.59. The van der Waals surface area contributed by atoms with Crippen LogP contribution in [0.4, 0.5) is 0 Å². The van der Waals surface area contributed by atoms with Crippen molar-refractivity contribution in [3.8, 4) is 11.5 Å². The van der Waals surface area contributed by atoms with Crippen molar-refractivity contribution in [2.24, 2.45) is 0 Å². The van der Waals surface area contributed by atoms with Crippen LogP contribution in [0.3, 0.4) is 0 Å². The fourth-order valence-corrected chi connectivity index (χ4v) is 2.40. The second kappa shape index (κ2) is 6.14. The quantitative estimate of drug-likeness (QED) is 0.763. The van der Waals surface area contributed by atoms with Crippen LogP contribution in [0.1, 0.15) is 31.7 Å². The van der Waals surface area contributed by atoms with Crippen molar-refractivity contribution in [1.82, 2.24) is 0 Å². The van der Waals surface area contributed by atoms with Crippen molar-refractivity contribution in [3.05, 3.63) is 23.8 Å². The molecule has 0 aliphatic carbocycles. The highest BCUT2D eigenvalue weighted by Gasteiger charge is 2.14. The van der Waals surface area contributed by atoms with E-state index in [-0.39, 0.29) is 0 Å². The normalized spacial score (nSPS) is 14.3. The molecule has 0 aliphatic rings. The largest absolute Gasteiger partial charge is 0.497 e. The molecule has 2 nitrogen and oxygen atoms in total. The highest BCUT2D eigenvalue weighted by Crippen LogP contribution is 2.33. The molecule has 1 aromatic carbocycles. The molecule has 2 atom stereocenters. The zero-order chi connectivity index (χ0) is 12.1. The predicted molar refractivity (Wildman–Crippen MR) is 71.0 cm³/mol. The smallest absolute Gasteiger partial charge is 0.122 e. The van der Waals surface area contributed by atoms with E-state index in [1.54, 1.807) is 14.2 Å². The molecule has 2 unspecified atom stereocenters. The Morgan fingerprint density at radius 3 is 2.38 bits per heavy atom. The van der Waals surface area contributed by atoms with E-state index in [9.17, 15) is 0 Å². The van der Waals surface area contributed by atoms with E-state index < -0.39 is 0 Å². The molecule has 0 aromatic heterocycles. The molecule has 0 radical (unpaired) electrons. The Morgan fingerprint density at radius 1 is 1.19 bits per heavy atom. The molecule has 0 saturated carbocycles. The van der Waals surface area contributed by atoms with Crippen LogP contribution in [0.25, 0.3) is 0 Å². The molecule has 1 aromatic rings. The summed E-state index contributed by atoms with van der Waals surface area (Å²) < 4.78 is 10.6. The average Bonchev–Trinajstić information content (AvgIpc) is 2.27. The van der Waals surface area contributed by atoms with E-state index in [1.807, 2.05) is 12.1 Å². The third kappa shape index (κ3) is 3.41. The third-order valence-electron chi connectivity index (χ3n) is 2.65. The monoisotopic (exact) mass is 286 g/mol. The lowest BCUT2D eigenvalue weighted by Gasteiger charge is -2.17.